The monoisotopic (exact) mass is 416 g/mol. The van der Waals surface area contributed by atoms with Crippen molar-refractivity contribution in [2.75, 3.05) is 6.61 Å². The molecule has 0 N–H and O–H groups in total. The number of hydrogen-bond donors (Lipinski definition) is 0. The van der Waals surface area contributed by atoms with Gasteiger partial charge in [0, 0.05) is 12.8 Å². The van der Waals surface area contributed by atoms with Crippen LogP contribution < -0.4 is 0 Å². The van der Waals surface area contributed by atoms with Crippen LogP contribution in [0.1, 0.15) is 46.0 Å². The first-order valence-electron chi connectivity index (χ1n) is 7.95. The number of hydrogen-bond acceptors (Lipinski definition) is 4. The minimum Gasteiger partial charge on any atom is -0.463 e. The van der Waals surface area contributed by atoms with Crippen molar-refractivity contribution in [2.24, 2.45) is 0 Å². The van der Waals surface area contributed by atoms with E-state index in [9.17, 15) is 44.7 Å². The van der Waals surface area contributed by atoms with Gasteiger partial charge in [0.05, 0.1) is 6.10 Å². The summed E-state index contributed by atoms with van der Waals surface area (Å²) >= 11 is 0. The lowest BCUT2D eigenvalue weighted by Crippen LogP contribution is -2.59. The molecular formula is C15H20F8O4. The Morgan fingerprint density at radius 2 is 1.48 bits per heavy atom. The molecule has 0 aromatic heterocycles. The minimum atomic E-state index is -6.44. The van der Waals surface area contributed by atoms with Crippen LogP contribution in [-0.4, -0.2) is 48.8 Å². The number of carbonyl (C=O) groups is 2. The van der Waals surface area contributed by atoms with Crippen LogP contribution in [0.25, 0.3) is 0 Å². The third kappa shape index (κ3) is 7.13. The lowest BCUT2D eigenvalue weighted by Gasteiger charge is -2.31. The van der Waals surface area contributed by atoms with Crippen LogP contribution in [0.15, 0.2) is 0 Å². The molecule has 1 atom stereocenters. The predicted molar refractivity (Wildman–Crippen MR) is 76.1 cm³/mol. The first kappa shape index (κ1) is 25.4. The molecule has 0 aliphatic carbocycles. The molecule has 1 unspecified atom stereocenters. The molecule has 0 heterocycles. The average Bonchev–Trinajstić information content (AvgIpc) is 2.52. The second-order valence-corrected chi connectivity index (χ2v) is 5.81. The molecule has 0 saturated heterocycles. The Labute approximate surface area is 150 Å². The van der Waals surface area contributed by atoms with Gasteiger partial charge in [0.25, 0.3) is 0 Å². The van der Waals surface area contributed by atoms with Crippen LogP contribution in [0.3, 0.4) is 0 Å². The summed E-state index contributed by atoms with van der Waals surface area (Å²) in [4.78, 5) is 22.6. The van der Waals surface area contributed by atoms with E-state index in [4.69, 9.17) is 4.74 Å². The van der Waals surface area contributed by atoms with Gasteiger partial charge in [0.1, 0.15) is 0 Å². The van der Waals surface area contributed by atoms with Gasteiger partial charge in [-0.05, 0) is 19.8 Å². The number of esters is 2. The third-order valence-corrected chi connectivity index (χ3v) is 3.36. The van der Waals surface area contributed by atoms with Crippen molar-refractivity contribution in [2.45, 2.75) is 76.2 Å². The highest BCUT2D eigenvalue weighted by molar-refractivity contribution is 5.72. The van der Waals surface area contributed by atoms with Crippen molar-refractivity contribution in [1.82, 2.24) is 0 Å². The fourth-order valence-electron chi connectivity index (χ4n) is 1.84. The van der Waals surface area contributed by atoms with Crippen molar-refractivity contribution in [1.29, 1.82) is 0 Å². The van der Waals surface area contributed by atoms with E-state index in [1.54, 1.807) is 6.92 Å². The molecular weight excluding hydrogens is 396 g/mol. The second kappa shape index (κ2) is 10.1. The van der Waals surface area contributed by atoms with E-state index in [1.165, 1.54) is 0 Å². The van der Waals surface area contributed by atoms with Crippen LogP contribution in [0.5, 0.6) is 0 Å². The quantitative estimate of drug-likeness (QED) is 0.345. The number of carbonyl (C=O) groups excluding carboxylic acids is 2. The van der Waals surface area contributed by atoms with Crippen LogP contribution in [0.2, 0.25) is 0 Å². The van der Waals surface area contributed by atoms with Gasteiger partial charge in [-0.3, -0.25) is 9.59 Å². The molecule has 0 amide bonds. The topological polar surface area (TPSA) is 52.6 Å². The van der Waals surface area contributed by atoms with Gasteiger partial charge in [-0.2, -0.15) is 26.3 Å². The van der Waals surface area contributed by atoms with Crippen molar-refractivity contribution < 1.29 is 54.2 Å². The second-order valence-electron chi connectivity index (χ2n) is 5.81. The van der Waals surface area contributed by atoms with Crippen LogP contribution in [-0.2, 0) is 19.1 Å². The highest BCUT2D eigenvalue weighted by Crippen LogP contribution is 2.48. The molecule has 0 saturated carbocycles. The molecule has 27 heavy (non-hydrogen) atoms. The van der Waals surface area contributed by atoms with Gasteiger partial charge in [-0.25, -0.2) is 8.78 Å². The maximum atomic E-state index is 13.2. The van der Waals surface area contributed by atoms with E-state index in [0.29, 0.717) is 6.42 Å². The maximum absolute atomic E-state index is 13.2. The van der Waals surface area contributed by atoms with Gasteiger partial charge in [0.2, 0.25) is 0 Å². The largest absolute Gasteiger partial charge is 0.463 e. The molecule has 0 rings (SSSR count). The van der Waals surface area contributed by atoms with Gasteiger partial charge in [0.15, 0.2) is 6.61 Å². The summed E-state index contributed by atoms with van der Waals surface area (Å²) in [5.41, 5.74) is 0. The summed E-state index contributed by atoms with van der Waals surface area (Å²) in [6.07, 6.45) is -5.25. The highest BCUT2D eigenvalue weighted by Gasteiger charge is 2.75. The standard InChI is InChI=1S/C15H20F8O4/c1-3-5-9(2)27-11(25)7-4-6-10(24)26-8-13(18,19)15(22,23)14(20,21)12(16)17/h9,12H,3-8H2,1-2H3. The van der Waals surface area contributed by atoms with Gasteiger partial charge >= 0.3 is 36.1 Å². The normalized spacial score (nSPS) is 14.2. The molecule has 160 valence electrons. The molecule has 0 aromatic rings. The van der Waals surface area contributed by atoms with Crippen molar-refractivity contribution in [3.05, 3.63) is 0 Å². The molecule has 4 nitrogen and oxygen atoms in total. The molecule has 0 aromatic carbocycles. The van der Waals surface area contributed by atoms with E-state index >= 15 is 0 Å². The average molecular weight is 416 g/mol. The SMILES string of the molecule is CCCC(C)OC(=O)CCCC(=O)OCC(F)(F)C(F)(F)C(F)(F)C(F)F. The van der Waals surface area contributed by atoms with Gasteiger partial charge in [-0.15, -0.1) is 0 Å². The van der Waals surface area contributed by atoms with Crippen molar-refractivity contribution in [3.8, 4) is 0 Å². The Balaban J connectivity index is 4.47. The van der Waals surface area contributed by atoms with E-state index in [1.807, 2.05) is 6.92 Å². The van der Waals surface area contributed by atoms with Crippen LogP contribution in [0, 0.1) is 0 Å². The number of alkyl halides is 8. The Morgan fingerprint density at radius 1 is 0.963 bits per heavy atom. The molecule has 0 fully saturated rings. The van der Waals surface area contributed by atoms with E-state index in [0.717, 1.165) is 6.42 Å². The molecule has 12 heteroatoms. The zero-order valence-corrected chi connectivity index (χ0v) is 14.6. The Morgan fingerprint density at radius 3 is 1.96 bits per heavy atom. The summed E-state index contributed by atoms with van der Waals surface area (Å²) in [7, 11) is 0. The first-order chi connectivity index (χ1) is 12.2. The summed E-state index contributed by atoms with van der Waals surface area (Å²) in [6.45, 7) is 0.975. The number of halogens is 8. The minimum absolute atomic E-state index is 0.230. The fraction of sp³-hybridized carbons (Fsp3) is 0.867. The lowest BCUT2D eigenvalue weighted by molar-refractivity contribution is -0.344. The van der Waals surface area contributed by atoms with Crippen molar-refractivity contribution in [3.63, 3.8) is 0 Å². The van der Waals surface area contributed by atoms with Gasteiger partial charge in [-0.1, -0.05) is 13.3 Å². The predicted octanol–water partition coefficient (Wildman–Crippen LogP) is 4.60. The Hall–Kier alpha value is -1.62. The number of rotatable bonds is 12. The Bertz CT molecular complexity index is 496. The first-order valence-corrected chi connectivity index (χ1v) is 7.95. The Kier molecular flexibility index (Phi) is 9.47. The molecule has 0 bridgehead atoms. The zero-order chi connectivity index (χ0) is 21.5. The molecule has 0 aliphatic rings. The summed E-state index contributed by atoms with van der Waals surface area (Å²) < 4.78 is 110. The van der Waals surface area contributed by atoms with E-state index in [2.05, 4.69) is 4.74 Å². The summed E-state index contributed by atoms with van der Waals surface area (Å²) in [5.74, 6) is -20.6. The van der Waals surface area contributed by atoms with Crippen LogP contribution in [0.4, 0.5) is 35.1 Å². The van der Waals surface area contributed by atoms with Crippen molar-refractivity contribution >= 4 is 11.9 Å². The molecule has 0 radical (unpaired) electrons. The third-order valence-electron chi connectivity index (χ3n) is 3.36. The highest BCUT2D eigenvalue weighted by atomic mass is 19.4. The summed E-state index contributed by atoms with van der Waals surface area (Å²) in [5, 5.41) is 0. The smallest absolute Gasteiger partial charge is 0.381 e. The maximum Gasteiger partial charge on any atom is 0.381 e. The van der Waals surface area contributed by atoms with Crippen LogP contribution >= 0.6 is 0 Å². The van der Waals surface area contributed by atoms with E-state index in [-0.39, 0.29) is 18.9 Å². The number of ether oxygens (including phenoxy) is 2. The molecule has 0 aliphatic heterocycles. The van der Waals surface area contributed by atoms with E-state index < -0.39 is 49.2 Å². The van der Waals surface area contributed by atoms with Gasteiger partial charge < -0.3 is 9.47 Å². The lowest BCUT2D eigenvalue weighted by atomic mass is 10.1. The summed E-state index contributed by atoms with van der Waals surface area (Å²) in [6, 6.07) is 0. The fourth-order valence-corrected chi connectivity index (χ4v) is 1.84. The zero-order valence-electron chi connectivity index (χ0n) is 14.6. The molecule has 0 spiro atoms.